The number of rotatable bonds is 4. The van der Waals surface area contributed by atoms with Crippen LogP contribution in [-0.2, 0) is 4.74 Å². The van der Waals surface area contributed by atoms with Gasteiger partial charge in [0, 0.05) is 0 Å². The third-order valence-electron chi connectivity index (χ3n) is 6.22. The van der Waals surface area contributed by atoms with Crippen molar-refractivity contribution < 1.29 is 4.74 Å². The van der Waals surface area contributed by atoms with Gasteiger partial charge in [0.05, 0.1) is 12.7 Å². The van der Waals surface area contributed by atoms with Crippen LogP contribution in [0.1, 0.15) is 45.6 Å². The Morgan fingerprint density at radius 1 is 1.20 bits per heavy atom. The zero-order valence-electron chi connectivity index (χ0n) is 12.9. The van der Waals surface area contributed by atoms with Gasteiger partial charge in [-0.2, -0.15) is 0 Å². The van der Waals surface area contributed by atoms with Crippen LogP contribution in [-0.4, -0.2) is 12.7 Å². The average Bonchev–Trinajstić information content (AvgIpc) is 2.78. The molecule has 0 radical (unpaired) electrons. The van der Waals surface area contributed by atoms with E-state index in [-0.39, 0.29) is 0 Å². The van der Waals surface area contributed by atoms with Gasteiger partial charge in [-0.15, -0.1) is 0 Å². The highest BCUT2D eigenvalue weighted by atomic mass is 16.5. The molecule has 1 nitrogen and oxygen atoms in total. The summed E-state index contributed by atoms with van der Waals surface area (Å²) >= 11 is 0. The van der Waals surface area contributed by atoms with Gasteiger partial charge < -0.3 is 4.74 Å². The lowest BCUT2D eigenvalue weighted by atomic mass is 9.70. The molecule has 2 bridgehead atoms. The third-order valence-corrected chi connectivity index (χ3v) is 6.22. The van der Waals surface area contributed by atoms with E-state index >= 15 is 0 Å². The van der Waals surface area contributed by atoms with Crippen molar-refractivity contribution in [2.24, 2.45) is 16.7 Å². The van der Waals surface area contributed by atoms with E-state index in [1.54, 1.807) is 0 Å². The average molecular weight is 270 g/mol. The Morgan fingerprint density at radius 2 is 1.95 bits per heavy atom. The molecule has 0 amide bonds. The molecule has 0 heterocycles. The fraction of sp³-hybridized carbons (Fsp3) is 0.579. The summed E-state index contributed by atoms with van der Waals surface area (Å²) in [7, 11) is 0. The zero-order valence-corrected chi connectivity index (χ0v) is 12.9. The summed E-state index contributed by atoms with van der Waals surface area (Å²) in [4.78, 5) is 0. The molecule has 2 aliphatic carbocycles. The second-order valence-electron chi connectivity index (χ2n) is 7.25. The van der Waals surface area contributed by atoms with Crippen molar-refractivity contribution in [3.05, 3.63) is 42.0 Å². The fourth-order valence-corrected chi connectivity index (χ4v) is 4.30. The first kappa shape index (κ1) is 13.9. The first-order chi connectivity index (χ1) is 9.54. The predicted molar refractivity (Wildman–Crippen MR) is 84.4 cm³/mol. The minimum absolute atomic E-state index is 0.373. The van der Waals surface area contributed by atoms with Gasteiger partial charge in [-0.1, -0.05) is 63.3 Å². The lowest BCUT2D eigenvalue weighted by Gasteiger charge is -2.38. The van der Waals surface area contributed by atoms with Gasteiger partial charge in [0.1, 0.15) is 0 Å². The number of fused-ring (bicyclic) bond motifs is 2. The molecule has 2 fully saturated rings. The minimum Gasteiger partial charge on any atom is -0.374 e. The quantitative estimate of drug-likeness (QED) is 0.753. The molecule has 0 spiro atoms. The normalized spacial score (nSPS) is 35.0. The Bertz CT molecular complexity index is 488. The maximum atomic E-state index is 6.21. The molecule has 1 heteroatoms. The minimum atomic E-state index is 0.373. The van der Waals surface area contributed by atoms with Gasteiger partial charge in [0.15, 0.2) is 0 Å². The molecule has 3 rings (SSSR count). The summed E-state index contributed by atoms with van der Waals surface area (Å²) in [5.41, 5.74) is 2.06. The van der Waals surface area contributed by atoms with Crippen molar-refractivity contribution in [3.8, 4) is 0 Å². The molecule has 1 aromatic carbocycles. The molecule has 0 aliphatic heterocycles. The summed E-state index contributed by atoms with van der Waals surface area (Å²) in [6.07, 6.45) is 8.72. The number of ether oxygens (including phenoxy) is 1. The molecule has 3 atom stereocenters. The molecule has 0 unspecified atom stereocenters. The van der Waals surface area contributed by atoms with E-state index in [4.69, 9.17) is 4.74 Å². The lowest BCUT2D eigenvalue weighted by Crippen LogP contribution is -2.37. The molecular weight excluding hydrogens is 244 g/mol. The maximum Gasteiger partial charge on any atom is 0.0654 e. The van der Waals surface area contributed by atoms with E-state index in [2.05, 4.69) is 57.2 Å². The highest BCUT2D eigenvalue weighted by molar-refractivity contribution is 5.48. The van der Waals surface area contributed by atoms with Gasteiger partial charge in [-0.3, -0.25) is 0 Å². The summed E-state index contributed by atoms with van der Waals surface area (Å²) in [5, 5.41) is 0. The van der Waals surface area contributed by atoms with Crippen LogP contribution in [0.25, 0.3) is 6.08 Å². The lowest BCUT2D eigenvalue weighted by molar-refractivity contribution is -0.0350. The summed E-state index contributed by atoms with van der Waals surface area (Å²) in [6.45, 7) is 8.05. The fourth-order valence-electron chi connectivity index (χ4n) is 4.30. The number of hydrogen-bond acceptors (Lipinski definition) is 1. The van der Waals surface area contributed by atoms with Crippen LogP contribution >= 0.6 is 0 Å². The molecule has 108 valence electrons. The van der Waals surface area contributed by atoms with Gasteiger partial charge in [-0.05, 0) is 41.6 Å². The highest BCUT2D eigenvalue weighted by Gasteiger charge is 2.61. The zero-order chi connectivity index (χ0) is 14.2. The van der Waals surface area contributed by atoms with Crippen molar-refractivity contribution in [1.82, 2.24) is 0 Å². The van der Waals surface area contributed by atoms with E-state index in [9.17, 15) is 0 Å². The standard InChI is InChI=1S/C19H26O/c1-18(2)16-11-12-19(18,3)17(14-16)20-13-7-10-15-8-5-4-6-9-15/h4-10,16-17H,11-14H2,1-3H3/b10-7+/t16-,17+,19+/m0/s1. The van der Waals surface area contributed by atoms with Crippen LogP contribution in [0.5, 0.6) is 0 Å². The van der Waals surface area contributed by atoms with Crippen molar-refractivity contribution in [2.45, 2.75) is 46.1 Å². The topological polar surface area (TPSA) is 9.23 Å². The number of hydrogen-bond donors (Lipinski definition) is 0. The maximum absolute atomic E-state index is 6.21. The molecular formula is C19H26O. The Hall–Kier alpha value is -1.08. The molecule has 2 aliphatic rings. The second kappa shape index (κ2) is 5.04. The van der Waals surface area contributed by atoms with Crippen molar-refractivity contribution in [2.75, 3.05) is 6.61 Å². The van der Waals surface area contributed by atoms with Gasteiger partial charge in [0.2, 0.25) is 0 Å². The van der Waals surface area contributed by atoms with Crippen LogP contribution in [0.2, 0.25) is 0 Å². The molecule has 0 N–H and O–H groups in total. The van der Waals surface area contributed by atoms with E-state index < -0.39 is 0 Å². The molecule has 20 heavy (non-hydrogen) atoms. The van der Waals surface area contributed by atoms with E-state index in [1.165, 1.54) is 24.8 Å². The molecule has 0 saturated heterocycles. The second-order valence-corrected chi connectivity index (χ2v) is 7.25. The summed E-state index contributed by atoms with van der Waals surface area (Å²) in [5.74, 6) is 0.857. The SMILES string of the molecule is CC1(C)[C@H]2CC[C@]1(C)[C@H](OC/C=C/c1ccccc1)C2. The largest absolute Gasteiger partial charge is 0.374 e. The Kier molecular flexibility index (Phi) is 3.50. The third kappa shape index (κ3) is 2.13. The summed E-state index contributed by atoms with van der Waals surface area (Å²) in [6, 6.07) is 10.4. The Labute approximate surface area is 123 Å². The number of benzene rings is 1. The summed E-state index contributed by atoms with van der Waals surface area (Å²) < 4.78 is 6.21. The van der Waals surface area contributed by atoms with Gasteiger partial charge >= 0.3 is 0 Å². The van der Waals surface area contributed by atoms with Gasteiger partial charge in [-0.25, -0.2) is 0 Å². The first-order valence-corrected chi connectivity index (χ1v) is 7.87. The van der Waals surface area contributed by atoms with Crippen molar-refractivity contribution in [3.63, 3.8) is 0 Å². The van der Waals surface area contributed by atoms with E-state index in [1.807, 2.05) is 6.07 Å². The van der Waals surface area contributed by atoms with Gasteiger partial charge in [0.25, 0.3) is 0 Å². The van der Waals surface area contributed by atoms with Crippen LogP contribution in [0.3, 0.4) is 0 Å². The van der Waals surface area contributed by atoms with E-state index in [0.29, 0.717) is 16.9 Å². The predicted octanol–water partition coefficient (Wildman–Crippen LogP) is 4.93. The molecule has 0 aromatic heterocycles. The Morgan fingerprint density at radius 3 is 2.55 bits per heavy atom. The first-order valence-electron chi connectivity index (χ1n) is 7.87. The van der Waals surface area contributed by atoms with Crippen molar-refractivity contribution in [1.29, 1.82) is 0 Å². The van der Waals surface area contributed by atoms with Crippen LogP contribution in [0, 0.1) is 16.7 Å². The molecule has 1 aromatic rings. The molecule has 2 saturated carbocycles. The Balaban J connectivity index is 1.57. The van der Waals surface area contributed by atoms with Crippen LogP contribution in [0.4, 0.5) is 0 Å². The van der Waals surface area contributed by atoms with E-state index in [0.717, 1.165) is 12.5 Å². The monoisotopic (exact) mass is 270 g/mol. The van der Waals surface area contributed by atoms with Crippen molar-refractivity contribution >= 4 is 6.08 Å². The van der Waals surface area contributed by atoms with Crippen LogP contribution < -0.4 is 0 Å². The smallest absolute Gasteiger partial charge is 0.0654 e. The van der Waals surface area contributed by atoms with Crippen LogP contribution in [0.15, 0.2) is 36.4 Å². The highest BCUT2D eigenvalue weighted by Crippen LogP contribution is 2.66.